The van der Waals surface area contributed by atoms with Crippen LogP contribution in [0.15, 0.2) is 18.2 Å². The molecule has 3 aliphatic rings. The maximum absolute atomic E-state index is 12.5. The van der Waals surface area contributed by atoms with Gasteiger partial charge in [0.15, 0.2) is 11.5 Å². The SMILES string of the molecule is CC(C)(CC(=O)O)CC(=O)N[C@@H]1CO[C@@H]2[C@@H]1OC[C@@H]2n1nnnc1Oc1ccc2c(c1)OCO2. The minimum atomic E-state index is -0.941. The van der Waals surface area contributed by atoms with E-state index in [1.807, 2.05) is 0 Å². The van der Waals surface area contributed by atoms with Gasteiger partial charge in [-0.05, 0) is 28.0 Å². The van der Waals surface area contributed by atoms with Gasteiger partial charge in [0.2, 0.25) is 12.7 Å². The molecule has 34 heavy (non-hydrogen) atoms. The Kier molecular flexibility index (Phi) is 5.73. The lowest BCUT2D eigenvalue weighted by molar-refractivity contribution is -0.139. The lowest BCUT2D eigenvalue weighted by atomic mass is 9.85. The summed E-state index contributed by atoms with van der Waals surface area (Å²) in [5.74, 6) is 0.506. The lowest BCUT2D eigenvalue weighted by Crippen LogP contribution is -2.45. The summed E-state index contributed by atoms with van der Waals surface area (Å²) in [7, 11) is 0. The van der Waals surface area contributed by atoms with Gasteiger partial charge in [-0.2, -0.15) is 4.68 Å². The fourth-order valence-electron chi connectivity index (χ4n) is 4.48. The third-order valence-corrected chi connectivity index (χ3v) is 5.97. The second kappa shape index (κ2) is 8.72. The van der Waals surface area contributed by atoms with Crippen LogP contribution in [0.1, 0.15) is 32.7 Å². The summed E-state index contributed by atoms with van der Waals surface area (Å²) in [5, 5.41) is 23.7. The molecular weight excluding hydrogens is 450 g/mol. The van der Waals surface area contributed by atoms with Crippen LogP contribution in [0.5, 0.6) is 23.3 Å². The first-order valence-corrected chi connectivity index (χ1v) is 10.9. The fourth-order valence-corrected chi connectivity index (χ4v) is 4.48. The van der Waals surface area contributed by atoms with E-state index in [0.29, 0.717) is 17.2 Å². The number of rotatable bonds is 8. The molecule has 0 spiro atoms. The van der Waals surface area contributed by atoms with Gasteiger partial charge in [-0.15, -0.1) is 0 Å². The zero-order chi connectivity index (χ0) is 23.9. The number of fused-ring (bicyclic) bond motifs is 2. The summed E-state index contributed by atoms with van der Waals surface area (Å²) in [6, 6.07) is 4.61. The maximum Gasteiger partial charge on any atom is 0.341 e. The Hall–Kier alpha value is -3.45. The number of benzene rings is 1. The first-order chi connectivity index (χ1) is 16.3. The summed E-state index contributed by atoms with van der Waals surface area (Å²) in [6.45, 7) is 4.18. The van der Waals surface area contributed by atoms with Crippen molar-refractivity contribution in [3.63, 3.8) is 0 Å². The van der Waals surface area contributed by atoms with Gasteiger partial charge >= 0.3 is 12.0 Å². The van der Waals surface area contributed by atoms with E-state index in [2.05, 4.69) is 20.8 Å². The van der Waals surface area contributed by atoms with Crippen molar-refractivity contribution < 1.29 is 38.4 Å². The quantitative estimate of drug-likeness (QED) is 0.559. The van der Waals surface area contributed by atoms with Crippen LogP contribution in [0.4, 0.5) is 0 Å². The molecule has 2 aromatic rings. The summed E-state index contributed by atoms with van der Waals surface area (Å²) >= 11 is 0. The average Bonchev–Trinajstić information content (AvgIpc) is 3.51. The fraction of sp³-hybridized carbons (Fsp3) is 0.571. The molecule has 0 saturated carbocycles. The number of nitrogens with zero attached hydrogens (tertiary/aromatic N) is 4. The summed E-state index contributed by atoms with van der Waals surface area (Å²) in [4.78, 5) is 23.6. The Bertz CT molecular complexity index is 1090. The van der Waals surface area contributed by atoms with Crippen molar-refractivity contribution in [1.82, 2.24) is 25.5 Å². The van der Waals surface area contributed by atoms with Crippen molar-refractivity contribution in [2.75, 3.05) is 20.0 Å². The number of nitrogens with one attached hydrogen (secondary N) is 1. The number of hydrogen-bond acceptors (Lipinski definition) is 10. The molecule has 1 aromatic carbocycles. The van der Waals surface area contributed by atoms with Crippen LogP contribution in [-0.4, -0.2) is 75.4 Å². The first kappa shape index (κ1) is 22.3. The molecule has 3 aliphatic heterocycles. The number of carboxylic acids is 1. The third-order valence-electron chi connectivity index (χ3n) is 5.97. The predicted molar refractivity (Wildman–Crippen MR) is 112 cm³/mol. The molecule has 2 N–H and O–H groups in total. The van der Waals surface area contributed by atoms with E-state index in [-0.39, 0.29) is 69.1 Å². The van der Waals surface area contributed by atoms with Gasteiger partial charge in [0.25, 0.3) is 0 Å². The molecule has 4 atom stereocenters. The van der Waals surface area contributed by atoms with E-state index in [0.717, 1.165) is 0 Å². The Labute approximate surface area is 194 Å². The largest absolute Gasteiger partial charge is 0.481 e. The number of hydrogen-bond donors (Lipinski definition) is 2. The molecule has 0 aliphatic carbocycles. The minimum absolute atomic E-state index is 0.0805. The van der Waals surface area contributed by atoms with Crippen LogP contribution in [0, 0.1) is 5.41 Å². The summed E-state index contributed by atoms with van der Waals surface area (Å²) < 4.78 is 30.0. The average molecular weight is 475 g/mol. The monoisotopic (exact) mass is 475 g/mol. The molecule has 4 heterocycles. The van der Waals surface area contributed by atoms with E-state index >= 15 is 0 Å². The third kappa shape index (κ3) is 4.48. The topological polar surface area (TPSA) is 156 Å². The number of carbonyl (C=O) groups excluding carboxylic acids is 1. The van der Waals surface area contributed by atoms with Gasteiger partial charge in [-0.3, -0.25) is 9.59 Å². The predicted octanol–water partition coefficient (Wildman–Crippen LogP) is 0.909. The highest BCUT2D eigenvalue weighted by Crippen LogP contribution is 2.38. The van der Waals surface area contributed by atoms with E-state index in [1.165, 1.54) is 4.68 Å². The Morgan fingerprint density at radius 1 is 1.18 bits per heavy atom. The van der Waals surface area contributed by atoms with Crippen molar-refractivity contribution in [1.29, 1.82) is 0 Å². The second-order valence-corrected chi connectivity index (χ2v) is 9.27. The highest BCUT2D eigenvalue weighted by Gasteiger charge is 2.50. The molecule has 1 aromatic heterocycles. The van der Waals surface area contributed by atoms with E-state index in [9.17, 15) is 9.59 Å². The normalized spacial score (nSPS) is 25.2. The molecule has 182 valence electrons. The Balaban J connectivity index is 1.23. The summed E-state index contributed by atoms with van der Waals surface area (Å²) in [5.41, 5.74) is -0.665. The number of ether oxygens (including phenoxy) is 5. The van der Waals surface area contributed by atoms with Gasteiger partial charge in [0, 0.05) is 12.5 Å². The van der Waals surface area contributed by atoms with Gasteiger partial charge in [0.1, 0.15) is 24.0 Å². The van der Waals surface area contributed by atoms with Crippen LogP contribution in [0.2, 0.25) is 0 Å². The van der Waals surface area contributed by atoms with Crippen molar-refractivity contribution in [2.24, 2.45) is 5.41 Å². The Morgan fingerprint density at radius 2 is 1.97 bits per heavy atom. The van der Waals surface area contributed by atoms with Crippen molar-refractivity contribution in [3.05, 3.63) is 18.2 Å². The lowest BCUT2D eigenvalue weighted by Gasteiger charge is -2.24. The zero-order valence-corrected chi connectivity index (χ0v) is 18.7. The van der Waals surface area contributed by atoms with Crippen LogP contribution in [0.25, 0.3) is 0 Å². The van der Waals surface area contributed by atoms with Crippen molar-refractivity contribution in [3.8, 4) is 23.3 Å². The smallest absolute Gasteiger partial charge is 0.341 e. The Morgan fingerprint density at radius 3 is 2.79 bits per heavy atom. The van der Waals surface area contributed by atoms with Crippen LogP contribution in [0.3, 0.4) is 0 Å². The van der Waals surface area contributed by atoms with Crippen molar-refractivity contribution >= 4 is 11.9 Å². The van der Waals surface area contributed by atoms with Gasteiger partial charge in [-0.1, -0.05) is 18.9 Å². The number of carbonyl (C=O) groups is 2. The van der Waals surface area contributed by atoms with E-state index in [1.54, 1.807) is 32.0 Å². The molecule has 13 heteroatoms. The highest BCUT2D eigenvalue weighted by molar-refractivity contribution is 5.78. The highest BCUT2D eigenvalue weighted by atomic mass is 16.7. The number of tetrazole rings is 1. The molecule has 13 nitrogen and oxygen atoms in total. The molecule has 0 radical (unpaired) electrons. The first-order valence-electron chi connectivity index (χ1n) is 10.9. The van der Waals surface area contributed by atoms with Crippen molar-refractivity contribution in [2.45, 2.75) is 51.0 Å². The van der Waals surface area contributed by atoms with Gasteiger partial charge < -0.3 is 34.1 Å². The number of aliphatic carboxylic acids is 1. The van der Waals surface area contributed by atoms with Crippen LogP contribution >= 0.6 is 0 Å². The zero-order valence-electron chi connectivity index (χ0n) is 18.7. The second-order valence-electron chi connectivity index (χ2n) is 9.27. The molecule has 0 bridgehead atoms. The summed E-state index contributed by atoms with van der Waals surface area (Å²) in [6.07, 6.45) is -0.798. The molecular formula is C21H25N5O8. The van der Waals surface area contributed by atoms with E-state index in [4.69, 9.17) is 28.8 Å². The van der Waals surface area contributed by atoms with E-state index < -0.39 is 11.4 Å². The molecule has 2 saturated heterocycles. The molecule has 1 amide bonds. The molecule has 5 rings (SSSR count). The standard InChI is InChI=1S/C21H25N5O8/c1-21(2,7-17(28)29)6-16(27)22-12-8-30-19-13(9-31-18(12)19)26-20(23-24-25-26)34-11-3-4-14-15(5-11)33-10-32-14/h3-5,12-13,18-19H,6-10H2,1-2H3,(H,22,27)(H,28,29)/t12-,13+,18-,19+/m1/s1. The maximum atomic E-state index is 12.5. The number of amides is 1. The number of aromatic nitrogens is 4. The number of carboxylic acid groups (broad SMARTS) is 1. The van der Waals surface area contributed by atoms with Gasteiger partial charge in [0.05, 0.1) is 25.7 Å². The molecule has 0 unspecified atom stereocenters. The van der Waals surface area contributed by atoms with Crippen LogP contribution < -0.4 is 19.5 Å². The minimum Gasteiger partial charge on any atom is -0.481 e. The van der Waals surface area contributed by atoms with Crippen LogP contribution in [-0.2, 0) is 19.1 Å². The molecule has 2 fully saturated rings. The van der Waals surface area contributed by atoms with Gasteiger partial charge in [-0.25, -0.2) is 0 Å².